The Morgan fingerprint density at radius 1 is 0.947 bits per heavy atom. The van der Waals surface area contributed by atoms with Gasteiger partial charge in [0, 0.05) is 0 Å². The second-order valence-corrected chi connectivity index (χ2v) is 4.48. The van der Waals surface area contributed by atoms with Crippen LogP contribution in [0, 0.1) is 0 Å². The highest BCUT2D eigenvalue weighted by atomic mass is 35.5. The van der Waals surface area contributed by atoms with E-state index >= 15 is 0 Å². The number of hydrogen-bond donors (Lipinski definition) is 1. The second-order valence-electron chi connectivity index (χ2n) is 4.04. The van der Waals surface area contributed by atoms with Crippen LogP contribution in [0.15, 0.2) is 54.6 Å². The van der Waals surface area contributed by atoms with E-state index in [9.17, 15) is 9.59 Å². The number of Topliss-reactive ketones (excluding diaryl/α,β-unsaturated/α-hetero) is 1. The molecular weight excluding hydrogens is 262 g/mol. The van der Waals surface area contributed by atoms with E-state index in [2.05, 4.69) is 0 Å². The minimum atomic E-state index is -1.06. The van der Waals surface area contributed by atoms with E-state index in [1.165, 1.54) is 0 Å². The van der Waals surface area contributed by atoms with Crippen LogP contribution in [0.1, 0.15) is 10.9 Å². The number of carbonyl (C=O) groups excluding carboxylic acids is 2. The van der Waals surface area contributed by atoms with Crippen molar-refractivity contribution in [2.24, 2.45) is 5.73 Å². The van der Waals surface area contributed by atoms with Crippen molar-refractivity contribution in [3.63, 3.8) is 0 Å². The van der Waals surface area contributed by atoms with Crippen molar-refractivity contribution < 1.29 is 9.59 Å². The van der Waals surface area contributed by atoms with Gasteiger partial charge in [-0.05, 0) is 16.7 Å². The zero-order valence-corrected chi connectivity index (χ0v) is 10.8. The van der Waals surface area contributed by atoms with Crippen molar-refractivity contribution >= 4 is 23.3 Å². The minimum absolute atomic E-state index is 0.583. The molecule has 0 aromatic heterocycles. The summed E-state index contributed by atoms with van der Waals surface area (Å²) in [6.07, 6.45) is 0. The van der Waals surface area contributed by atoms with Crippen LogP contribution in [0.25, 0.3) is 11.1 Å². The molecule has 96 valence electrons. The highest BCUT2D eigenvalue weighted by Crippen LogP contribution is 2.31. The molecule has 2 aromatic rings. The number of ketones is 1. The fourth-order valence-electron chi connectivity index (χ4n) is 1.86. The lowest BCUT2D eigenvalue weighted by Gasteiger charge is -2.12. The molecule has 0 aliphatic rings. The van der Waals surface area contributed by atoms with Gasteiger partial charge in [0.05, 0.1) is 0 Å². The Hall–Kier alpha value is -2.13. The van der Waals surface area contributed by atoms with E-state index in [0.29, 0.717) is 5.56 Å². The quantitative estimate of drug-likeness (QED) is 0.688. The first-order valence-corrected chi connectivity index (χ1v) is 6.17. The number of halogens is 1. The number of benzene rings is 2. The van der Waals surface area contributed by atoms with Gasteiger partial charge < -0.3 is 5.73 Å². The summed E-state index contributed by atoms with van der Waals surface area (Å²) in [4.78, 5) is 22.6. The predicted molar refractivity (Wildman–Crippen MR) is 74.7 cm³/mol. The summed E-state index contributed by atoms with van der Waals surface area (Å²) >= 11 is 6.06. The fraction of sp³-hybridized carbons (Fsp3) is 0.0667. The van der Waals surface area contributed by atoms with E-state index in [1.54, 1.807) is 12.1 Å². The average molecular weight is 274 g/mol. The van der Waals surface area contributed by atoms with Crippen molar-refractivity contribution in [2.75, 3.05) is 0 Å². The zero-order chi connectivity index (χ0) is 13.8. The van der Waals surface area contributed by atoms with Crippen molar-refractivity contribution in [2.45, 2.75) is 5.38 Å². The molecule has 0 saturated heterocycles. The molecule has 1 amide bonds. The van der Waals surface area contributed by atoms with Gasteiger partial charge in [-0.3, -0.25) is 9.59 Å². The number of nitrogens with two attached hydrogens (primary N) is 1. The normalized spacial score (nSPS) is 11.8. The number of amides is 1. The van der Waals surface area contributed by atoms with Gasteiger partial charge in [0.2, 0.25) is 5.78 Å². The van der Waals surface area contributed by atoms with Crippen LogP contribution in [0.5, 0.6) is 0 Å². The first kappa shape index (κ1) is 13.3. The summed E-state index contributed by atoms with van der Waals surface area (Å²) in [7, 11) is 0. The van der Waals surface area contributed by atoms with Crippen LogP contribution in [-0.2, 0) is 9.59 Å². The predicted octanol–water partition coefficient (Wildman–Crippen LogP) is 2.69. The third-order valence-electron chi connectivity index (χ3n) is 2.79. The summed E-state index contributed by atoms with van der Waals surface area (Å²) < 4.78 is 0. The molecule has 1 atom stereocenters. The summed E-state index contributed by atoms with van der Waals surface area (Å²) in [5.41, 5.74) is 7.32. The van der Waals surface area contributed by atoms with E-state index < -0.39 is 17.1 Å². The summed E-state index contributed by atoms with van der Waals surface area (Å²) in [6, 6.07) is 16.7. The molecule has 3 nitrogen and oxygen atoms in total. The molecule has 0 aliphatic carbocycles. The van der Waals surface area contributed by atoms with E-state index in [0.717, 1.165) is 11.1 Å². The van der Waals surface area contributed by atoms with Gasteiger partial charge in [0.1, 0.15) is 5.38 Å². The van der Waals surface area contributed by atoms with Crippen LogP contribution in [0.2, 0.25) is 0 Å². The highest BCUT2D eigenvalue weighted by molar-refractivity contribution is 6.48. The number of hydrogen-bond acceptors (Lipinski definition) is 2. The maximum absolute atomic E-state index is 11.6. The van der Waals surface area contributed by atoms with Crippen LogP contribution < -0.4 is 5.73 Å². The largest absolute Gasteiger partial charge is 0.363 e. The molecule has 0 spiro atoms. The van der Waals surface area contributed by atoms with Crippen LogP contribution >= 0.6 is 11.6 Å². The summed E-state index contributed by atoms with van der Waals surface area (Å²) in [5, 5.41) is -1.06. The fourth-order valence-corrected chi connectivity index (χ4v) is 2.16. The van der Waals surface area contributed by atoms with Crippen molar-refractivity contribution in [3.8, 4) is 11.1 Å². The number of alkyl halides is 1. The van der Waals surface area contributed by atoms with Crippen molar-refractivity contribution in [3.05, 3.63) is 60.2 Å². The molecule has 1 unspecified atom stereocenters. The Balaban J connectivity index is 2.48. The monoisotopic (exact) mass is 273 g/mol. The van der Waals surface area contributed by atoms with Gasteiger partial charge >= 0.3 is 0 Å². The van der Waals surface area contributed by atoms with Gasteiger partial charge in [0.25, 0.3) is 5.91 Å². The molecule has 0 heterocycles. The Kier molecular flexibility index (Phi) is 3.97. The second kappa shape index (κ2) is 5.67. The molecular formula is C15H12ClNO2. The molecule has 2 N–H and O–H groups in total. The van der Waals surface area contributed by atoms with Gasteiger partial charge in [-0.2, -0.15) is 0 Å². The third kappa shape index (κ3) is 2.83. The molecule has 0 fully saturated rings. The molecule has 19 heavy (non-hydrogen) atoms. The Morgan fingerprint density at radius 2 is 1.53 bits per heavy atom. The zero-order valence-electron chi connectivity index (χ0n) is 10.0. The van der Waals surface area contributed by atoms with Gasteiger partial charge in [-0.25, -0.2) is 0 Å². The maximum Gasteiger partial charge on any atom is 0.286 e. The van der Waals surface area contributed by atoms with Gasteiger partial charge in [-0.1, -0.05) is 54.6 Å². The smallest absolute Gasteiger partial charge is 0.286 e. The number of rotatable bonds is 4. The third-order valence-corrected chi connectivity index (χ3v) is 3.22. The molecule has 0 bridgehead atoms. The Bertz CT molecular complexity index is 611. The van der Waals surface area contributed by atoms with Gasteiger partial charge in [-0.15, -0.1) is 11.6 Å². The van der Waals surface area contributed by atoms with Crippen LogP contribution in [0.3, 0.4) is 0 Å². The van der Waals surface area contributed by atoms with Crippen LogP contribution in [-0.4, -0.2) is 11.7 Å². The van der Waals surface area contributed by atoms with Crippen LogP contribution in [0.4, 0.5) is 0 Å². The van der Waals surface area contributed by atoms with Crippen molar-refractivity contribution in [1.29, 1.82) is 0 Å². The topological polar surface area (TPSA) is 60.2 Å². The van der Waals surface area contributed by atoms with E-state index in [1.807, 2.05) is 42.5 Å². The molecule has 0 radical (unpaired) electrons. The highest BCUT2D eigenvalue weighted by Gasteiger charge is 2.24. The lowest BCUT2D eigenvalue weighted by Crippen LogP contribution is -2.26. The first-order chi connectivity index (χ1) is 9.11. The van der Waals surface area contributed by atoms with Gasteiger partial charge in [0.15, 0.2) is 0 Å². The minimum Gasteiger partial charge on any atom is -0.363 e. The molecule has 4 heteroatoms. The standard InChI is InChI=1S/C15H12ClNO2/c16-13(14(18)15(17)19)12-9-5-4-8-11(12)10-6-2-1-3-7-10/h1-9,13H,(H2,17,19). The molecule has 2 aromatic carbocycles. The maximum atomic E-state index is 11.6. The molecule has 2 rings (SSSR count). The first-order valence-electron chi connectivity index (χ1n) is 5.73. The van der Waals surface area contributed by atoms with E-state index in [4.69, 9.17) is 17.3 Å². The van der Waals surface area contributed by atoms with E-state index in [-0.39, 0.29) is 0 Å². The SMILES string of the molecule is NC(=O)C(=O)C(Cl)c1ccccc1-c1ccccc1. The molecule has 0 saturated carbocycles. The Morgan fingerprint density at radius 3 is 2.16 bits per heavy atom. The average Bonchev–Trinajstić information content (AvgIpc) is 2.46. The Labute approximate surface area is 116 Å². The lowest BCUT2D eigenvalue weighted by molar-refractivity contribution is -0.135. The summed E-state index contributed by atoms with van der Waals surface area (Å²) in [5.74, 6) is -1.83. The summed E-state index contributed by atoms with van der Waals surface area (Å²) in [6.45, 7) is 0. The van der Waals surface area contributed by atoms with Crippen molar-refractivity contribution in [1.82, 2.24) is 0 Å². The lowest BCUT2D eigenvalue weighted by atomic mass is 9.96. The number of carbonyl (C=O) groups is 2. The number of primary amides is 1. The molecule has 0 aliphatic heterocycles.